The molecule has 1 aliphatic rings. The molecule has 140 valence electrons. The molecule has 0 amide bonds. The number of hydrogen-bond donors (Lipinski definition) is 2. The maximum absolute atomic E-state index is 5.81. The molecule has 3 rings (SSSR count). The fourth-order valence-corrected chi connectivity index (χ4v) is 2.98. The van der Waals surface area contributed by atoms with E-state index in [0.717, 1.165) is 44.3 Å². The van der Waals surface area contributed by atoms with Gasteiger partial charge in [0, 0.05) is 26.1 Å². The Bertz CT molecular complexity index is 659. The maximum Gasteiger partial charge on any atom is 0.191 e. The molecule has 5 heteroatoms. The van der Waals surface area contributed by atoms with Gasteiger partial charge in [-0.3, -0.25) is 0 Å². The van der Waals surface area contributed by atoms with Crippen LogP contribution in [0.3, 0.4) is 0 Å². The van der Waals surface area contributed by atoms with E-state index in [1.807, 2.05) is 12.1 Å². The lowest BCUT2D eigenvalue weighted by atomic mass is 10.1. The molecule has 0 saturated carbocycles. The first-order valence-corrected chi connectivity index (χ1v) is 9.51. The van der Waals surface area contributed by atoms with Crippen LogP contribution >= 0.6 is 0 Å². The van der Waals surface area contributed by atoms with Crippen molar-refractivity contribution in [2.75, 3.05) is 19.7 Å². The minimum absolute atomic E-state index is 0.278. The zero-order chi connectivity index (χ0) is 18.0. The number of benzene rings is 1. The zero-order valence-corrected chi connectivity index (χ0v) is 15.5. The molecule has 2 aromatic rings. The van der Waals surface area contributed by atoms with E-state index in [4.69, 9.17) is 14.1 Å². The molecule has 1 aromatic carbocycles. The molecule has 0 spiro atoms. The quantitative estimate of drug-likeness (QED) is 0.590. The molecule has 2 heterocycles. The summed E-state index contributed by atoms with van der Waals surface area (Å²) in [6.07, 6.45) is 6.35. The average Bonchev–Trinajstić information content (AvgIpc) is 3.19. The van der Waals surface area contributed by atoms with Crippen molar-refractivity contribution in [3.63, 3.8) is 0 Å². The predicted molar refractivity (Wildman–Crippen MR) is 104 cm³/mol. The topological polar surface area (TPSA) is 58.8 Å². The van der Waals surface area contributed by atoms with Gasteiger partial charge in [0.1, 0.15) is 5.76 Å². The summed E-state index contributed by atoms with van der Waals surface area (Å²) in [5, 5.41) is 6.84. The van der Waals surface area contributed by atoms with Crippen LogP contribution in [0.25, 0.3) is 0 Å². The van der Waals surface area contributed by atoms with Crippen LogP contribution in [-0.4, -0.2) is 31.8 Å². The fourth-order valence-electron chi connectivity index (χ4n) is 2.98. The van der Waals surface area contributed by atoms with E-state index in [2.05, 4.69) is 41.8 Å². The number of furan rings is 1. The third-order valence-electron chi connectivity index (χ3n) is 4.56. The summed E-state index contributed by atoms with van der Waals surface area (Å²) in [7, 11) is 0. The summed E-state index contributed by atoms with van der Waals surface area (Å²) >= 11 is 0. The van der Waals surface area contributed by atoms with Gasteiger partial charge in [0.2, 0.25) is 0 Å². The molecule has 0 aliphatic carbocycles. The van der Waals surface area contributed by atoms with Crippen LogP contribution in [0.1, 0.15) is 36.1 Å². The van der Waals surface area contributed by atoms with Gasteiger partial charge in [0.05, 0.1) is 18.9 Å². The SMILES string of the molecule is Cc1ccc(CN=C(NCCc2ccco2)NCC2CCCCO2)cc1. The van der Waals surface area contributed by atoms with Gasteiger partial charge in [-0.05, 0) is 43.9 Å². The highest BCUT2D eigenvalue weighted by molar-refractivity contribution is 5.79. The summed E-state index contributed by atoms with van der Waals surface area (Å²) in [4.78, 5) is 4.74. The van der Waals surface area contributed by atoms with Crippen molar-refractivity contribution in [2.24, 2.45) is 4.99 Å². The first-order chi connectivity index (χ1) is 12.8. The van der Waals surface area contributed by atoms with Crippen molar-refractivity contribution in [2.45, 2.75) is 45.3 Å². The first kappa shape index (κ1) is 18.5. The van der Waals surface area contributed by atoms with Crippen molar-refractivity contribution in [1.29, 1.82) is 0 Å². The van der Waals surface area contributed by atoms with Gasteiger partial charge in [0.25, 0.3) is 0 Å². The molecule has 0 bridgehead atoms. The minimum Gasteiger partial charge on any atom is -0.469 e. The lowest BCUT2D eigenvalue weighted by Crippen LogP contribution is -2.43. The molecular formula is C21H29N3O2. The molecule has 2 N–H and O–H groups in total. The predicted octanol–water partition coefficient (Wildman–Crippen LogP) is 3.44. The number of ether oxygens (including phenoxy) is 1. The van der Waals surface area contributed by atoms with E-state index in [1.54, 1.807) is 6.26 Å². The minimum atomic E-state index is 0.278. The van der Waals surface area contributed by atoms with Crippen LogP contribution in [0.4, 0.5) is 0 Å². The summed E-state index contributed by atoms with van der Waals surface area (Å²) in [6.45, 7) is 5.19. The molecule has 5 nitrogen and oxygen atoms in total. The second-order valence-corrected chi connectivity index (χ2v) is 6.78. The van der Waals surface area contributed by atoms with Crippen LogP contribution in [0.15, 0.2) is 52.1 Å². The normalized spacial score (nSPS) is 17.9. The number of rotatable bonds is 7. The Morgan fingerprint density at radius 3 is 2.77 bits per heavy atom. The molecule has 1 aliphatic heterocycles. The molecule has 26 heavy (non-hydrogen) atoms. The second kappa shape index (κ2) is 10.0. The van der Waals surface area contributed by atoms with E-state index >= 15 is 0 Å². The van der Waals surface area contributed by atoms with E-state index in [9.17, 15) is 0 Å². The van der Waals surface area contributed by atoms with Crippen LogP contribution in [0.5, 0.6) is 0 Å². The Kier molecular flexibility index (Phi) is 7.14. The molecule has 1 unspecified atom stereocenters. The number of hydrogen-bond acceptors (Lipinski definition) is 3. The Hall–Kier alpha value is -2.27. The molecule has 1 saturated heterocycles. The van der Waals surface area contributed by atoms with E-state index in [1.165, 1.54) is 24.0 Å². The second-order valence-electron chi connectivity index (χ2n) is 6.78. The fraction of sp³-hybridized carbons (Fsp3) is 0.476. The Labute approximate surface area is 155 Å². The Balaban J connectivity index is 1.53. The third kappa shape index (κ3) is 6.23. The zero-order valence-electron chi connectivity index (χ0n) is 15.5. The van der Waals surface area contributed by atoms with Crippen LogP contribution in [0, 0.1) is 6.92 Å². The number of guanidine groups is 1. The Morgan fingerprint density at radius 1 is 1.15 bits per heavy atom. The molecule has 1 fully saturated rings. The number of aryl methyl sites for hydroxylation is 1. The lowest BCUT2D eigenvalue weighted by Gasteiger charge is -2.23. The molecular weight excluding hydrogens is 326 g/mol. The monoisotopic (exact) mass is 355 g/mol. The smallest absolute Gasteiger partial charge is 0.191 e. The number of aliphatic imine (C=N–C) groups is 1. The van der Waals surface area contributed by atoms with Crippen LogP contribution < -0.4 is 10.6 Å². The standard InChI is InChI=1S/C21H29N3O2/c1-17-7-9-18(10-8-17)15-23-21(22-12-11-19-6-4-14-25-19)24-16-20-5-2-3-13-26-20/h4,6-10,14,20H,2-3,5,11-13,15-16H2,1H3,(H2,22,23,24). The van der Waals surface area contributed by atoms with Crippen LogP contribution in [-0.2, 0) is 17.7 Å². The van der Waals surface area contributed by atoms with Crippen LogP contribution in [0.2, 0.25) is 0 Å². The number of nitrogens with one attached hydrogen (secondary N) is 2. The van der Waals surface area contributed by atoms with E-state index in [0.29, 0.717) is 6.54 Å². The average molecular weight is 355 g/mol. The highest BCUT2D eigenvalue weighted by Crippen LogP contribution is 2.11. The highest BCUT2D eigenvalue weighted by atomic mass is 16.5. The molecule has 1 atom stereocenters. The van der Waals surface area contributed by atoms with Crippen molar-refractivity contribution in [1.82, 2.24) is 10.6 Å². The maximum atomic E-state index is 5.81. The first-order valence-electron chi connectivity index (χ1n) is 9.51. The molecule has 1 aromatic heterocycles. The third-order valence-corrected chi connectivity index (χ3v) is 4.56. The summed E-state index contributed by atoms with van der Waals surface area (Å²) in [5.41, 5.74) is 2.47. The largest absolute Gasteiger partial charge is 0.469 e. The van der Waals surface area contributed by atoms with Crippen molar-refractivity contribution in [3.8, 4) is 0 Å². The van der Waals surface area contributed by atoms with Gasteiger partial charge in [-0.2, -0.15) is 0 Å². The van der Waals surface area contributed by atoms with Gasteiger partial charge >= 0.3 is 0 Å². The summed E-state index contributed by atoms with van der Waals surface area (Å²) in [5.74, 6) is 1.80. The van der Waals surface area contributed by atoms with Crippen molar-refractivity contribution >= 4 is 5.96 Å². The number of nitrogens with zero attached hydrogens (tertiary/aromatic N) is 1. The van der Waals surface area contributed by atoms with Gasteiger partial charge in [-0.1, -0.05) is 29.8 Å². The Morgan fingerprint density at radius 2 is 2.04 bits per heavy atom. The van der Waals surface area contributed by atoms with Gasteiger partial charge < -0.3 is 19.8 Å². The highest BCUT2D eigenvalue weighted by Gasteiger charge is 2.14. The summed E-state index contributed by atoms with van der Waals surface area (Å²) < 4.78 is 11.2. The molecule has 0 radical (unpaired) electrons. The van der Waals surface area contributed by atoms with Crippen molar-refractivity contribution < 1.29 is 9.15 Å². The summed E-state index contributed by atoms with van der Waals surface area (Å²) in [6, 6.07) is 12.4. The van der Waals surface area contributed by atoms with Gasteiger partial charge in [0.15, 0.2) is 5.96 Å². The van der Waals surface area contributed by atoms with Gasteiger partial charge in [-0.25, -0.2) is 4.99 Å². The van der Waals surface area contributed by atoms with E-state index < -0.39 is 0 Å². The lowest BCUT2D eigenvalue weighted by molar-refractivity contribution is 0.0194. The van der Waals surface area contributed by atoms with E-state index in [-0.39, 0.29) is 6.10 Å². The van der Waals surface area contributed by atoms with Gasteiger partial charge in [-0.15, -0.1) is 0 Å². The van der Waals surface area contributed by atoms with Crippen molar-refractivity contribution in [3.05, 3.63) is 59.5 Å².